The highest BCUT2D eigenvalue weighted by Crippen LogP contribution is 2.22. The van der Waals surface area contributed by atoms with E-state index in [1.54, 1.807) is 7.11 Å². The van der Waals surface area contributed by atoms with E-state index in [9.17, 15) is 9.59 Å². The standard InChI is InChI=1S/C9H15NO4/c1-14-7-4-6(5-7)10-8(11)2-3-9(12)13/h6-7H,2-5H2,1H3,(H,10,11)(H,12,13). The van der Waals surface area contributed by atoms with Crippen LogP contribution in [0, 0.1) is 0 Å². The average Bonchev–Trinajstić information content (AvgIpc) is 2.07. The van der Waals surface area contributed by atoms with Crippen molar-refractivity contribution in [2.75, 3.05) is 7.11 Å². The zero-order chi connectivity index (χ0) is 10.6. The number of amides is 1. The Kier molecular flexibility index (Phi) is 3.88. The van der Waals surface area contributed by atoms with Gasteiger partial charge in [-0.3, -0.25) is 9.59 Å². The molecule has 1 aliphatic carbocycles. The quantitative estimate of drug-likeness (QED) is 0.663. The maximum Gasteiger partial charge on any atom is 0.303 e. The van der Waals surface area contributed by atoms with E-state index in [1.807, 2.05) is 0 Å². The Labute approximate surface area is 82.4 Å². The Morgan fingerprint density at radius 1 is 1.43 bits per heavy atom. The molecule has 1 amide bonds. The molecule has 0 aliphatic heterocycles. The van der Waals surface area contributed by atoms with Gasteiger partial charge in [0.1, 0.15) is 0 Å². The lowest BCUT2D eigenvalue weighted by molar-refractivity contribution is -0.139. The maximum atomic E-state index is 11.1. The van der Waals surface area contributed by atoms with Crippen molar-refractivity contribution in [1.82, 2.24) is 5.32 Å². The van der Waals surface area contributed by atoms with E-state index >= 15 is 0 Å². The van der Waals surface area contributed by atoms with Crippen molar-refractivity contribution in [3.63, 3.8) is 0 Å². The highest BCUT2D eigenvalue weighted by atomic mass is 16.5. The number of hydrogen-bond donors (Lipinski definition) is 2. The van der Waals surface area contributed by atoms with Crippen LogP contribution in [-0.4, -0.2) is 36.2 Å². The Balaban J connectivity index is 2.07. The monoisotopic (exact) mass is 201 g/mol. The molecule has 1 rings (SSSR count). The number of carbonyl (C=O) groups excluding carboxylic acids is 1. The van der Waals surface area contributed by atoms with E-state index in [4.69, 9.17) is 9.84 Å². The number of ether oxygens (including phenoxy) is 1. The van der Waals surface area contributed by atoms with Gasteiger partial charge in [0, 0.05) is 19.6 Å². The second-order valence-corrected chi connectivity index (χ2v) is 3.49. The number of carbonyl (C=O) groups is 2. The summed E-state index contributed by atoms with van der Waals surface area (Å²) in [6.45, 7) is 0. The van der Waals surface area contributed by atoms with E-state index in [-0.39, 0.29) is 30.9 Å². The van der Waals surface area contributed by atoms with Crippen molar-refractivity contribution in [2.45, 2.75) is 37.8 Å². The molecule has 0 unspecified atom stereocenters. The van der Waals surface area contributed by atoms with Crippen LogP contribution >= 0.6 is 0 Å². The van der Waals surface area contributed by atoms with Gasteiger partial charge in [-0.25, -0.2) is 0 Å². The normalized spacial score (nSPS) is 25.2. The van der Waals surface area contributed by atoms with Gasteiger partial charge < -0.3 is 15.2 Å². The highest BCUT2D eigenvalue weighted by Gasteiger charge is 2.29. The number of hydrogen-bond acceptors (Lipinski definition) is 3. The first kappa shape index (κ1) is 11.0. The average molecular weight is 201 g/mol. The lowest BCUT2D eigenvalue weighted by Gasteiger charge is -2.34. The molecule has 0 spiro atoms. The predicted octanol–water partition coefficient (Wildman–Crippen LogP) is 0.145. The molecule has 0 atom stereocenters. The third-order valence-corrected chi connectivity index (χ3v) is 2.36. The van der Waals surface area contributed by atoms with Gasteiger partial charge in [-0.1, -0.05) is 0 Å². The summed E-state index contributed by atoms with van der Waals surface area (Å²) in [6, 6.07) is 0.168. The summed E-state index contributed by atoms with van der Waals surface area (Å²) in [4.78, 5) is 21.3. The van der Waals surface area contributed by atoms with E-state index in [1.165, 1.54) is 0 Å². The molecule has 14 heavy (non-hydrogen) atoms. The van der Waals surface area contributed by atoms with Crippen molar-refractivity contribution in [2.24, 2.45) is 0 Å². The molecule has 1 fully saturated rings. The molecular formula is C9H15NO4. The fraction of sp³-hybridized carbons (Fsp3) is 0.778. The van der Waals surface area contributed by atoms with Crippen LogP contribution in [0.2, 0.25) is 0 Å². The van der Waals surface area contributed by atoms with Gasteiger partial charge in [-0.15, -0.1) is 0 Å². The van der Waals surface area contributed by atoms with Crippen LogP contribution in [0.5, 0.6) is 0 Å². The van der Waals surface area contributed by atoms with Gasteiger partial charge in [0.25, 0.3) is 0 Å². The fourth-order valence-corrected chi connectivity index (χ4v) is 1.40. The fourth-order valence-electron chi connectivity index (χ4n) is 1.40. The van der Waals surface area contributed by atoms with Crippen LogP contribution < -0.4 is 5.32 Å². The summed E-state index contributed by atoms with van der Waals surface area (Å²) in [7, 11) is 1.65. The molecule has 1 saturated carbocycles. The van der Waals surface area contributed by atoms with Gasteiger partial charge in [0.2, 0.25) is 5.91 Å². The van der Waals surface area contributed by atoms with Crippen LogP contribution in [0.25, 0.3) is 0 Å². The molecule has 0 saturated heterocycles. The van der Waals surface area contributed by atoms with E-state index in [2.05, 4.69) is 5.32 Å². The number of nitrogens with one attached hydrogen (secondary N) is 1. The molecule has 5 nitrogen and oxygen atoms in total. The Hall–Kier alpha value is -1.10. The summed E-state index contributed by atoms with van der Waals surface area (Å²) < 4.78 is 5.05. The largest absolute Gasteiger partial charge is 0.481 e. The Bertz CT molecular complexity index is 223. The molecule has 0 aromatic carbocycles. The third-order valence-electron chi connectivity index (χ3n) is 2.36. The Morgan fingerprint density at radius 2 is 2.07 bits per heavy atom. The second kappa shape index (κ2) is 4.95. The molecule has 0 heterocycles. The van der Waals surface area contributed by atoms with Crippen molar-refractivity contribution < 1.29 is 19.4 Å². The van der Waals surface area contributed by atoms with Gasteiger partial charge in [0.15, 0.2) is 0 Å². The molecule has 1 aliphatic rings. The van der Waals surface area contributed by atoms with Crippen molar-refractivity contribution in [3.8, 4) is 0 Å². The first-order valence-corrected chi connectivity index (χ1v) is 4.65. The molecule has 0 aromatic heterocycles. The lowest BCUT2D eigenvalue weighted by atomic mass is 9.89. The zero-order valence-corrected chi connectivity index (χ0v) is 8.16. The van der Waals surface area contributed by atoms with Crippen molar-refractivity contribution in [3.05, 3.63) is 0 Å². The number of aliphatic carboxylic acids is 1. The zero-order valence-electron chi connectivity index (χ0n) is 8.16. The van der Waals surface area contributed by atoms with E-state index in [0.29, 0.717) is 0 Å². The van der Waals surface area contributed by atoms with Gasteiger partial charge in [-0.2, -0.15) is 0 Å². The molecule has 0 aromatic rings. The maximum absolute atomic E-state index is 11.1. The summed E-state index contributed by atoms with van der Waals surface area (Å²) in [5.41, 5.74) is 0. The van der Waals surface area contributed by atoms with E-state index in [0.717, 1.165) is 12.8 Å². The topological polar surface area (TPSA) is 75.6 Å². The van der Waals surface area contributed by atoms with Crippen molar-refractivity contribution in [1.29, 1.82) is 0 Å². The van der Waals surface area contributed by atoms with Crippen LogP contribution in [0.3, 0.4) is 0 Å². The highest BCUT2D eigenvalue weighted by molar-refractivity contribution is 5.80. The van der Waals surface area contributed by atoms with Crippen LogP contribution in [0.4, 0.5) is 0 Å². The summed E-state index contributed by atoms with van der Waals surface area (Å²) in [5.74, 6) is -1.13. The van der Waals surface area contributed by atoms with Gasteiger partial charge in [0.05, 0.1) is 12.5 Å². The minimum Gasteiger partial charge on any atom is -0.481 e. The SMILES string of the molecule is COC1CC(NC(=O)CCC(=O)O)C1. The first-order valence-electron chi connectivity index (χ1n) is 4.65. The molecule has 80 valence electrons. The molecular weight excluding hydrogens is 186 g/mol. The molecule has 5 heteroatoms. The van der Waals surface area contributed by atoms with Gasteiger partial charge >= 0.3 is 5.97 Å². The predicted molar refractivity (Wildman–Crippen MR) is 48.8 cm³/mol. The van der Waals surface area contributed by atoms with Gasteiger partial charge in [-0.05, 0) is 12.8 Å². The Morgan fingerprint density at radius 3 is 2.57 bits per heavy atom. The summed E-state index contributed by atoms with van der Waals surface area (Å²) in [6.07, 6.45) is 1.86. The third kappa shape index (κ3) is 3.33. The smallest absolute Gasteiger partial charge is 0.303 e. The number of rotatable bonds is 5. The van der Waals surface area contributed by atoms with Crippen LogP contribution in [0.1, 0.15) is 25.7 Å². The van der Waals surface area contributed by atoms with Crippen LogP contribution in [-0.2, 0) is 14.3 Å². The van der Waals surface area contributed by atoms with E-state index < -0.39 is 5.97 Å². The number of methoxy groups -OCH3 is 1. The van der Waals surface area contributed by atoms with Crippen LogP contribution in [0.15, 0.2) is 0 Å². The minimum absolute atomic E-state index is 0.0590. The summed E-state index contributed by atoms with van der Waals surface area (Å²) >= 11 is 0. The van der Waals surface area contributed by atoms with Crippen molar-refractivity contribution >= 4 is 11.9 Å². The number of carboxylic acids is 1. The molecule has 0 radical (unpaired) electrons. The number of carboxylic acid groups (broad SMARTS) is 1. The molecule has 2 N–H and O–H groups in total. The minimum atomic E-state index is -0.941. The molecule has 0 bridgehead atoms. The second-order valence-electron chi connectivity index (χ2n) is 3.49. The lowest BCUT2D eigenvalue weighted by Crippen LogP contribution is -2.47. The summed E-state index contributed by atoms with van der Waals surface area (Å²) in [5, 5.41) is 11.1. The first-order chi connectivity index (χ1) is 6.61.